The van der Waals surface area contributed by atoms with E-state index in [2.05, 4.69) is 34.5 Å². The molecule has 3 heterocycles. The van der Waals surface area contributed by atoms with Gasteiger partial charge in [-0.05, 0) is 83.1 Å². The number of likely N-dealkylation sites (tertiary alicyclic amines) is 1. The van der Waals surface area contributed by atoms with Crippen molar-refractivity contribution in [2.45, 2.75) is 23.8 Å². The number of anilines is 1. The lowest BCUT2D eigenvalue weighted by atomic mass is 9.89. The second-order valence-electron chi connectivity index (χ2n) is 9.70. The number of alkyl halides is 1. The number of nitrogens with zero attached hydrogens (tertiary/aromatic N) is 1. The molecule has 0 bridgehead atoms. The van der Waals surface area contributed by atoms with Crippen LogP contribution in [0, 0.1) is 0 Å². The van der Waals surface area contributed by atoms with E-state index in [4.69, 9.17) is 9.47 Å². The number of hydrogen-bond acceptors (Lipinski definition) is 6. The number of aromatic hydroxyl groups is 1. The van der Waals surface area contributed by atoms with Crippen LogP contribution in [0.3, 0.4) is 0 Å². The molecule has 1 fully saturated rings. The third-order valence-electron chi connectivity index (χ3n) is 7.19. The number of benzene rings is 3. The number of fused-ring (bicyclic) bond motifs is 2. The normalized spacial score (nSPS) is 19.1. The largest absolute Gasteiger partial charge is 0.508 e. The summed E-state index contributed by atoms with van der Waals surface area (Å²) in [5.41, 5.74) is 6.86. The summed E-state index contributed by atoms with van der Waals surface area (Å²) in [6.07, 6.45) is 1.69. The highest BCUT2D eigenvalue weighted by atomic mass is 32.2. The Kier molecular flexibility index (Phi) is 6.98. The minimum absolute atomic E-state index is 0.139. The number of phenols is 1. The molecule has 1 saturated heterocycles. The van der Waals surface area contributed by atoms with E-state index in [0.717, 1.165) is 77.1 Å². The van der Waals surface area contributed by atoms with Crippen molar-refractivity contribution in [3.63, 3.8) is 0 Å². The minimum atomic E-state index is -0.266. The zero-order valence-electron chi connectivity index (χ0n) is 20.7. The van der Waals surface area contributed by atoms with E-state index in [9.17, 15) is 9.50 Å². The number of halogens is 1. The van der Waals surface area contributed by atoms with Crippen LogP contribution in [0.25, 0.3) is 11.1 Å². The molecule has 3 aromatic rings. The molecule has 192 valence electrons. The number of phenolic OH excluding ortho intramolecular Hbond substituents is 1. The maximum Gasteiger partial charge on any atom is 0.142 e. The van der Waals surface area contributed by atoms with Gasteiger partial charge in [-0.3, -0.25) is 9.29 Å². The second-order valence-corrected chi connectivity index (χ2v) is 10.7. The Balaban J connectivity index is 1.31. The molecule has 5 nitrogen and oxygen atoms in total. The minimum Gasteiger partial charge on any atom is -0.508 e. The summed E-state index contributed by atoms with van der Waals surface area (Å²) < 4.78 is 24.6. The fraction of sp³-hybridized carbons (Fsp3) is 0.333. The quantitative estimate of drug-likeness (QED) is 0.396. The molecular weight excluding hydrogens is 487 g/mol. The number of nitrogens with one attached hydrogen (secondary N) is 1. The van der Waals surface area contributed by atoms with Gasteiger partial charge < -0.3 is 19.9 Å². The van der Waals surface area contributed by atoms with Crippen molar-refractivity contribution in [2.75, 3.05) is 50.5 Å². The monoisotopic (exact) mass is 518 g/mol. The standard InChI is InChI=1S/C30H31FN2O3S/c31-11-1-13-33-14-10-24(18-33)36-23-6-2-20(3-7-23)30-25-8-5-22(34)17-29(25)37-19-26(30)21-4-9-28-27(16-21)32-12-15-35-28/h2-9,16-17,24,32,34H,1,10-15,18-19H2/t24-/m0/s1. The van der Waals surface area contributed by atoms with Gasteiger partial charge in [-0.25, -0.2) is 0 Å². The Labute approximate surface area is 221 Å². The predicted molar refractivity (Wildman–Crippen MR) is 148 cm³/mol. The van der Waals surface area contributed by atoms with Gasteiger partial charge in [-0.1, -0.05) is 18.2 Å². The van der Waals surface area contributed by atoms with Crippen LogP contribution in [-0.4, -0.2) is 61.3 Å². The third-order valence-corrected chi connectivity index (χ3v) is 8.28. The van der Waals surface area contributed by atoms with Gasteiger partial charge in [0.1, 0.15) is 30.0 Å². The summed E-state index contributed by atoms with van der Waals surface area (Å²) in [5.74, 6) is 2.84. The Morgan fingerprint density at radius 2 is 1.95 bits per heavy atom. The first kappa shape index (κ1) is 24.2. The van der Waals surface area contributed by atoms with Crippen LogP contribution in [0.2, 0.25) is 0 Å². The highest BCUT2D eigenvalue weighted by Crippen LogP contribution is 2.46. The van der Waals surface area contributed by atoms with E-state index in [0.29, 0.717) is 13.0 Å². The molecule has 6 rings (SSSR count). The smallest absolute Gasteiger partial charge is 0.142 e. The van der Waals surface area contributed by atoms with Crippen LogP contribution in [0.4, 0.5) is 10.1 Å². The van der Waals surface area contributed by atoms with Gasteiger partial charge in [0.05, 0.1) is 12.4 Å². The van der Waals surface area contributed by atoms with Crippen LogP contribution in [0.1, 0.15) is 29.5 Å². The van der Waals surface area contributed by atoms with Crippen molar-refractivity contribution in [1.82, 2.24) is 4.90 Å². The molecule has 0 spiro atoms. The van der Waals surface area contributed by atoms with E-state index in [1.807, 2.05) is 30.3 Å². The maximum absolute atomic E-state index is 12.5. The number of hydrogen-bond donors (Lipinski definition) is 2. The third kappa shape index (κ3) is 5.15. The van der Waals surface area contributed by atoms with Gasteiger partial charge in [0.15, 0.2) is 0 Å². The molecule has 0 aromatic heterocycles. The summed E-state index contributed by atoms with van der Waals surface area (Å²) in [6.45, 7) is 3.82. The van der Waals surface area contributed by atoms with E-state index in [1.54, 1.807) is 17.8 Å². The molecule has 0 unspecified atom stereocenters. The van der Waals surface area contributed by atoms with Gasteiger partial charge in [0.25, 0.3) is 0 Å². The van der Waals surface area contributed by atoms with Crippen LogP contribution in [0.5, 0.6) is 17.2 Å². The van der Waals surface area contributed by atoms with Crippen molar-refractivity contribution in [3.05, 3.63) is 77.4 Å². The fourth-order valence-corrected chi connectivity index (χ4v) is 6.52. The molecule has 37 heavy (non-hydrogen) atoms. The predicted octanol–water partition coefficient (Wildman–Crippen LogP) is 6.07. The molecule has 7 heteroatoms. The van der Waals surface area contributed by atoms with Crippen molar-refractivity contribution in [2.24, 2.45) is 0 Å². The SMILES string of the molecule is Oc1ccc2c(c1)SCC(c1ccc3c(c1)NCCO3)=C2c1ccc(O[C@H]2CCN(CCCF)C2)cc1. The number of ether oxygens (including phenoxy) is 2. The Morgan fingerprint density at radius 3 is 2.81 bits per heavy atom. The molecule has 1 atom stereocenters. The average Bonchev–Trinajstić information content (AvgIpc) is 3.38. The molecule has 0 radical (unpaired) electrons. The zero-order valence-corrected chi connectivity index (χ0v) is 21.5. The van der Waals surface area contributed by atoms with Gasteiger partial charge in [-0.2, -0.15) is 0 Å². The molecule has 3 aliphatic rings. The molecule has 3 aromatic carbocycles. The number of rotatable bonds is 7. The molecule has 0 aliphatic carbocycles. The van der Waals surface area contributed by atoms with E-state index in [1.165, 1.54) is 11.1 Å². The zero-order chi connectivity index (χ0) is 25.2. The van der Waals surface area contributed by atoms with E-state index in [-0.39, 0.29) is 18.5 Å². The number of thioether (sulfide) groups is 1. The molecule has 3 aliphatic heterocycles. The fourth-order valence-electron chi connectivity index (χ4n) is 5.38. The lowest BCUT2D eigenvalue weighted by Crippen LogP contribution is -2.26. The van der Waals surface area contributed by atoms with E-state index < -0.39 is 0 Å². The summed E-state index contributed by atoms with van der Waals surface area (Å²) in [4.78, 5) is 3.36. The van der Waals surface area contributed by atoms with Crippen molar-refractivity contribution in [1.29, 1.82) is 0 Å². The van der Waals surface area contributed by atoms with Gasteiger partial charge in [-0.15, -0.1) is 11.8 Å². The van der Waals surface area contributed by atoms with Gasteiger partial charge >= 0.3 is 0 Å². The Bertz CT molecular complexity index is 1310. The topological polar surface area (TPSA) is 54.0 Å². The van der Waals surface area contributed by atoms with Crippen LogP contribution in [-0.2, 0) is 0 Å². The average molecular weight is 519 g/mol. The molecule has 0 amide bonds. The van der Waals surface area contributed by atoms with Crippen LogP contribution in [0.15, 0.2) is 65.6 Å². The molecule has 0 saturated carbocycles. The van der Waals surface area contributed by atoms with E-state index >= 15 is 0 Å². The summed E-state index contributed by atoms with van der Waals surface area (Å²) in [5, 5.41) is 13.6. The Morgan fingerprint density at radius 1 is 1.08 bits per heavy atom. The summed E-state index contributed by atoms with van der Waals surface area (Å²) in [7, 11) is 0. The van der Waals surface area contributed by atoms with Crippen LogP contribution < -0.4 is 14.8 Å². The van der Waals surface area contributed by atoms with Crippen LogP contribution >= 0.6 is 11.8 Å². The first-order chi connectivity index (χ1) is 18.2. The lowest BCUT2D eigenvalue weighted by Gasteiger charge is -2.26. The first-order valence-electron chi connectivity index (χ1n) is 12.9. The Hall–Kier alpha value is -3.16. The first-order valence-corrected chi connectivity index (χ1v) is 13.9. The van der Waals surface area contributed by atoms with Gasteiger partial charge in [0.2, 0.25) is 0 Å². The molecular formula is C30H31FN2O3S. The van der Waals surface area contributed by atoms with Gasteiger partial charge in [0, 0.05) is 36.8 Å². The highest BCUT2D eigenvalue weighted by molar-refractivity contribution is 7.99. The summed E-state index contributed by atoms with van der Waals surface area (Å²) in [6, 6.07) is 20.4. The van der Waals surface area contributed by atoms with Crippen molar-refractivity contribution in [3.8, 4) is 17.2 Å². The van der Waals surface area contributed by atoms with Crippen molar-refractivity contribution < 1.29 is 19.0 Å². The summed E-state index contributed by atoms with van der Waals surface area (Å²) >= 11 is 1.75. The van der Waals surface area contributed by atoms with Crippen molar-refractivity contribution >= 4 is 28.6 Å². The molecule has 2 N–H and O–H groups in total. The second kappa shape index (κ2) is 10.7. The highest BCUT2D eigenvalue weighted by Gasteiger charge is 2.25. The lowest BCUT2D eigenvalue weighted by molar-refractivity contribution is 0.198. The maximum atomic E-state index is 12.5.